The number of esters is 2. The second kappa shape index (κ2) is 27.0. The average molecular weight is 1150 g/mol. The van der Waals surface area contributed by atoms with Crippen molar-refractivity contribution in [2.75, 3.05) is 13.2 Å². The molecular weight excluding hydrogens is 1070 g/mol. The number of carbonyl (C=O) groups excluding carboxylic acids is 2. The summed E-state index contributed by atoms with van der Waals surface area (Å²) < 4.78 is 87.0. The zero-order valence-electron chi connectivity index (χ0n) is 49.3. The maximum Gasteiger partial charge on any atom is 0.422 e. The molecule has 10 rings (SSSR count). The van der Waals surface area contributed by atoms with Crippen molar-refractivity contribution in [3.05, 3.63) is 178 Å². The number of halogens is 6. The van der Waals surface area contributed by atoms with Crippen LogP contribution in [-0.2, 0) is 44.7 Å². The van der Waals surface area contributed by atoms with Crippen molar-refractivity contribution in [3.8, 4) is 11.1 Å². The van der Waals surface area contributed by atoms with Gasteiger partial charge in [-0.3, -0.25) is 0 Å². The van der Waals surface area contributed by atoms with Crippen LogP contribution in [0.5, 0.6) is 0 Å². The van der Waals surface area contributed by atoms with E-state index in [0.29, 0.717) is 23.7 Å². The molecule has 0 aliphatic heterocycles. The predicted molar refractivity (Wildman–Crippen MR) is 326 cm³/mol. The normalized spacial score (nSPS) is 23.3. The Morgan fingerprint density at radius 1 is 0.417 bits per heavy atom. The lowest BCUT2D eigenvalue weighted by Crippen LogP contribution is -2.26. The van der Waals surface area contributed by atoms with Crippen molar-refractivity contribution >= 4 is 33.5 Å². The van der Waals surface area contributed by atoms with Gasteiger partial charge < -0.3 is 9.47 Å². The summed E-state index contributed by atoms with van der Waals surface area (Å²) >= 11 is 0. The zero-order valence-corrected chi connectivity index (χ0v) is 49.3. The van der Waals surface area contributed by atoms with Gasteiger partial charge in [-0.2, -0.15) is 26.3 Å². The standard InChI is InChI=1S/C74H84F6O4/c1-47-6-34-68-64(35-47)31-32-65(42-60-21-19-56(20-22-60)38-52-9-13-54(14-10-52)40-58-25-29-62(30-26-58)46-84-72(82)50(4)74(78,79)80)70(68)69-44-63(43-66-36-48(2)5-33-67(66)69)41-59-17-15-55(16-18-59)37-51-7-11-53(12-8-51)39-57-23-27-61(28-24-57)45-83-71(81)49(3)73(75,76)77/h5-6,15-22,31-36,43-44,51-54,57-58,61-62H,3-4,7-14,23-30,37-42,45-46H2,1-2H3. The van der Waals surface area contributed by atoms with Crippen LogP contribution in [-0.4, -0.2) is 37.5 Å². The number of hydrogen-bond donors (Lipinski definition) is 0. The van der Waals surface area contributed by atoms with Gasteiger partial charge in [0.25, 0.3) is 0 Å². The van der Waals surface area contributed by atoms with E-state index < -0.39 is 35.4 Å². The van der Waals surface area contributed by atoms with Gasteiger partial charge in [0.15, 0.2) is 0 Å². The first-order valence-electron chi connectivity index (χ1n) is 31.3. The molecule has 4 saturated carbocycles. The van der Waals surface area contributed by atoms with Crippen LogP contribution in [0.1, 0.15) is 160 Å². The van der Waals surface area contributed by atoms with E-state index in [1.807, 2.05) is 0 Å². The lowest BCUT2D eigenvalue weighted by atomic mass is 9.72. The summed E-state index contributed by atoms with van der Waals surface area (Å²) in [5.41, 5.74) is 10.2. The second-order valence-corrected chi connectivity index (χ2v) is 26.3. The number of hydrogen-bond acceptors (Lipinski definition) is 4. The Morgan fingerprint density at radius 2 is 0.798 bits per heavy atom. The van der Waals surface area contributed by atoms with E-state index in [4.69, 9.17) is 9.47 Å². The maximum absolute atomic E-state index is 12.8. The first-order valence-corrected chi connectivity index (χ1v) is 31.3. The van der Waals surface area contributed by atoms with Crippen molar-refractivity contribution in [2.24, 2.45) is 47.3 Å². The minimum atomic E-state index is -4.76. The Kier molecular flexibility index (Phi) is 19.6. The molecule has 0 radical (unpaired) electrons. The van der Waals surface area contributed by atoms with Gasteiger partial charge in [0, 0.05) is 0 Å². The minimum absolute atomic E-state index is 0.0381. The molecule has 446 valence electrons. The predicted octanol–water partition coefficient (Wildman–Crippen LogP) is 19.9. The third-order valence-corrected chi connectivity index (χ3v) is 19.9. The average Bonchev–Trinajstić information content (AvgIpc) is 1.40. The summed E-state index contributed by atoms with van der Waals surface area (Å²) in [7, 11) is 0. The van der Waals surface area contributed by atoms with Crippen molar-refractivity contribution < 1.29 is 45.4 Å². The first-order chi connectivity index (χ1) is 40.3. The molecule has 0 amide bonds. The molecule has 4 fully saturated rings. The minimum Gasteiger partial charge on any atom is -0.462 e. The molecule has 0 atom stereocenters. The van der Waals surface area contributed by atoms with Crippen molar-refractivity contribution in [3.63, 3.8) is 0 Å². The maximum atomic E-state index is 12.8. The molecule has 0 heterocycles. The Hall–Kier alpha value is -6.16. The van der Waals surface area contributed by atoms with Gasteiger partial charge in [-0.25, -0.2) is 9.59 Å². The Labute approximate surface area is 493 Å². The molecule has 10 heteroatoms. The third kappa shape index (κ3) is 16.0. The van der Waals surface area contributed by atoms with E-state index >= 15 is 0 Å². The Bertz CT molecular complexity index is 3250. The molecule has 6 aromatic carbocycles. The fourth-order valence-corrected chi connectivity index (χ4v) is 14.9. The van der Waals surface area contributed by atoms with Crippen LogP contribution in [0.3, 0.4) is 0 Å². The number of ether oxygens (including phenoxy) is 2. The highest BCUT2D eigenvalue weighted by Crippen LogP contribution is 2.44. The van der Waals surface area contributed by atoms with E-state index in [-0.39, 0.29) is 25.0 Å². The number of fused-ring (bicyclic) bond motifs is 2. The van der Waals surface area contributed by atoms with Gasteiger partial charge >= 0.3 is 24.3 Å². The molecule has 6 aromatic rings. The quantitative estimate of drug-likeness (QED) is 0.0461. The molecular formula is C74H84F6O4. The molecule has 0 bridgehead atoms. The lowest BCUT2D eigenvalue weighted by Gasteiger charge is -2.34. The van der Waals surface area contributed by atoms with Crippen LogP contribution in [0, 0.1) is 61.2 Å². The highest BCUT2D eigenvalue weighted by atomic mass is 19.4. The molecule has 0 aromatic heterocycles. The van der Waals surface area contributed by atoms with Crippen LogP contribution >= 0.6 is 0 Å². The molecule has 0 saturated heterocycles. The highest BCUT2D eigenvalue weighted by Gasteiger charge is 2.40. The van der Waals surface area contributed by atoms with E-state index in [9.17, 15) is 35.9 Å². The topological polar surface area (TPSA) is 52.6 Å². The lowest BCUT2D eigenvalue weighted by molar-refractivity contribution is -0.153. The smallest absolute Gasteiger partial charge is 0.422 e. The molecule has 0 spiro atoms. The van der Waals surface area contributed by atoms with Crippen LogP contribution in [0.25, 0.3) is 32.7 Å². The zero-order chi connectivity index (χ0) is 59.1. The number of benzene rings is 6. The van der Waals surface area contributed by atoms with Gasteiger partial charge in [0.2, 0.25) is 0 Å². The molecule has 4 aliphatic rings. The molecule has 4 nitrogen and oxygen atoms in total. The monoisotopic (exact) mass is 1150 g/mol. The SMILES string of the molecule is C=C(C(=O)OCC1CCC(CC2CCC(Cc3ccc(Cc4cc(-c5c(Cc6ccc(CC7CCC(CC8CCC(COC(=O)C(=C)C(F)(F)F)CC8)CC7)cc6)ccc6cc(C)ccc56)c5ccc(C)cc5c4)cc3)CC2)CC1)C(F)(F)F. The third-order valence-electron chi connectivity index (χ3n) is 19.9. The Balaban J connectivity index is 0.728. The summed E-state index contributed by atoms with van der Waals surface area (Å²) in [6, 6.07) is 42.1. The number of aryl methyl sites for hydroxylation is 2. The number of alkyl halides is 6. The van der Waals surface area contributed by atoms with E-state index in [1.165, 1.54) is 141 Å². The molecule has 84 heavy (non-hydrogen) atoms. The van der Waals surface area contributed by atoms with Crippen LogP contribution < -0.4 is 0 Å². The summed E-state index contributed by atoms with van der Waals surface area (Å²) in [6.07, 6.45) is 14.5. The first kappa shape index (κ1) is 60.9. The largest absolute Gasteiger partial charge is 0.462 e. The van der Waals surface area contributed by atoms with Gasteiger partial charge in [0.05, 0.1) is 13.2 Å². The molecule has 0 N–H and O–H groups in total. The summed E-state index contributed by atoms with van der Waals surface area (Å²) in [5, 5.41) is 5.05. The van der Waals surface area contributed by atoms with Crippen molar-refractivity contribution in [2.45, 2.75) is 167 Å². The van der Waals surface area contributed by atoms with Crippen LogP contribution in [0.2, 0.25) is 0 Å². The summed E-state index contributed by atoms with van der Waals surface area (Å²) in [6.45, 7) is 10.2. The fourth-order valence-electron chi connectivity index (χ4n) is 14.9. The van der Waals surface area contributed by atoms with Crippen molar-refractivity contribution in [1.82, 2.24) is 0 Å². The summed E-state index contributed by atoms with van der Waals surface area (Å²) in [4.78, 5) is 23.6. The van der Waals surface area contributed by atoms with Gasteiger partial charge in [-0.15, -0.1) is 0 Å². The second-order valence-electron chi connectivity index (χ2n) is 26.3. The van der Waals surface area contributed by atoms with E-state index in [2.05, 4.69) is 136 Å². The van der Waals surface area contributed by atoms with E-state index in [0.717, 1.165) is 88.9 Å². The van der Waals surface area contributed by atoms with Crippen LogP contribution in [0.15, 0.2) is 133 Å². The van der Waals surface area contributed by atoms with E-state index in [1.54, 1.807) is 0 Å². The van der Waals surface area contributed by atoms with Gasteiger partial charge in [0.1, 0.15) is 11.1 Å². The van der Waals surface area contributed by atoms with Gasteiger partial charge in [-0.1, -0.05) is 185 Å². The Morgan fingerprint density at radius 3 is 1.24 bits per heavy atom. The van der Waals surface area contributed by atoms with Crippen LogP contribution in [0.4, 0.5) is 26.3 Å². The number of carbonyl (C=O) groups is 2. The number of rotatable bonds is 19. The molecule has 0 unspecified atom stereocenters. The van der Waals surface area contributed by atoms with Gasteiger partial charge in [-0.05, 0) is 217 Å². The highest BCUT2D eigenvalue weighted by molar-refractivity contribution is 6.07. The molecule has 4 aliphatic carbocycles. The fraction of sp³-hybridized carbons (Fsp3) is 0.486. The summed E-state index contributed by atoms with van der Waals surface area (Å²) in [5.74, 6) is 1.60. The van der Waals surface area contributed by atoms with Crippen molar-refractivity contribution in [1.29, 1.82) is 0 Å².